The van der Waals surface area contributed by atoms with Crippen molar-refractivity contribution < 1.29 is 4.74 Å². The van der Waals surface area contributed by atoms with Crippen LogP contribution in [0.1, 0.15) is 38.5 Å². The molecule has 1 aromatic carbocycles. The van der Waals surface area contributed by atoms with Crippen LogP contribution in [0.4, 0.5) is 5.69 Å². The van der Waals surface area contributed by atoms with Gasteiger partial charge in [-0.25, -0.2) is 0 Å². The zero-order chi connectivity index (χ0) is 14.5. The summed E-state index contributed by atoms with van der Waals surface area (Å²) >= 11 is 0. The first-order chi connectivity index (χ1) is 10.3. The van der Waals surface area contributed by atoms with Crippen LogP contribution in [0.3, 0.4) is 0 Å². The van der Waals surface area contributed by atoms with Crippen molar-refractivity contribution in [2.75, 3.05) is 32.0 Å². The lowest BCUT2D eigenvalue weighted by Crippen LogP contribution is -2.42. The van der Waals surface area contributed by atoms with Crippen molar-refractivity contribution in [1.82, 2.24) is 4.90 Å². The first-order valence-electron chi connectivity index (χ1n) is 8.52. The van der Waals surface area contributed by atoms with E-state index in [1.165, 1.54) is 51.7 Å². The van der Waals surface area contributed by atoms with Crippen LogP contribution in [-0.4, -0.2) is 31.1 Å². The largest absolute Gasteiger partial charge is 0.493 e. The van der Waals surface area contributed by atoms with Crippen molar-refractivity contribution in [1.29, 1.82) is 0 Å². The highest BCUT2D eigenvalue weighted by atomic mass is 16.5. The lowest BCUT2D eigenvalue weighted by Gasteiger charge is -2.41. The number of piperidine rings is 1. The molecule has 0 radical (unpaired) electrons. The van der Waals surface area contributed by atoms with Gasteiger partial charge in [-0.15, -0.1) is 0 Å². The van der Waals surface area contributed by atoms with Gasteiger partial charge in [0, 0.05) is 24.8 Å². The van der Waals surface area contributed by atoms with E-state index in [2.05, 4.69) is 4.90 Å². The van der Waals surface area contributed by atoms with Gasteiger partial charge in [-0.05, 0) is 49.8 Å². The Morgan fingerprint density at radius 3 is 2.86 bits per heavy atom. The molecule has 2 unspecified atom stereocenters. The van der Waals surface area contributed by atoms with Gasteiger partial charge < -0.3 is 15.4 Å². The standard InChI is InChI=1S/C18H28N2O/c19-17-7-3-8-18(13-17)21-12-4-10-20-11-9-15-5-1-2-6-16(15)14-20/h3,7-8,13,15-16H,1-2,4-6,9-12,14,19H2. The zero-order valence-electron chi connectivity index (χ0n) is 13.0. The molecule has 2 fully saturated rings. The van der Waals surface area contributed by atoms with Gasteiger partial charge in [-0.2, -0.15) is 0 Å². The molecule has 2 atom stereocenters. The maximum atomic E-state index is 5.78. The van der Waals surface area contributed by atoms with Gasteiger partial charge >= 0.3 is 0 Å². The summed E-state index contributed by atoms with van der Waals surface area (Å²) in [6.07, 6.45) is 8.38. The molecule has 1 saturated carbocycles. The van der Waals surface area contributed by atoms with E-state index in [1.807, 2.05) is 24.3 Å². The van der Waals surface area contributed by atoms with E-state index < -0.39 is 0 Å². The fourth-order valence-corrected chi connectivity index (χ4v) is 3.96. The second-order valence-electron chi connectivity index (χ2n) is 6.67. The van der Waals surface area contributed by atoms with Gasteiger partial charge in [0.15, 0.2) is 0 Å². The number of hydrogen-bond donors (Lipinski definition) is 1. The second kappa shape index (κ2) is 7.17. The summed E-state index contributed by atoms with van der Waals surface area (Å²) < 4.78 is 5.78. The summed E-state index contributed by atoms with van der Waals surface area (Å²) in [6, 6.07) is 7.71. The smallest absolute Gasteiger partial charge is 0.121 e. The number of nitrogen functional groups attached to an aromatic ring is 1. The second-order valence-corrected chi connectivity index (χ2v) is 6.67. The topological polar surface area (TPSA) is 38.5 Å². The number of nitrogens with zero attached hydrogens (tertiary/aromatic N) is 1. The highest BCUT2D eigenvalue weighted by Crippen LogP contribution is 2.35. The van der Waals surface area contributed by atoms with Gasteiger partial charge in [0.2, 0.25) is 0 Å². The minimum Gasteiger partial charge on any atom is -0.493 e. The van der Waals surface area contributed by atoms with E-state index in [0.717, 1.165) is 36.3 Å². The minimum atomic E-state index is 0.770. The Balaban J connectivity index is 1.36. The lowest BCUT2D eigenvalue weighted by atomic mass is 9.75. The van der Waals surface area contributed by atoms with Crippen LogP contribution in [0.25, 0.3) is 0 Å². The first-order valence-corrected chi connectivity index (χ1v) is 8.52. The van der Waals surface area contributed by atoms with Crippen molar-refractivity contribution in [2.45, 2.75) is 38.5 Å². The number of ether oxygens (including phenoxy) is 1. The van der Waals surface area contributed by atoms with Crippen molar-refractivity contribution in [3.8, 4) is 5.75 Å². The number of benzene rings is 1. The summed E-state index contributed by atoms with van der Waals surface area (Å²) in [5, 5.41) is 0. The molecule has 0 spiro atoms. The van der Waals surface area contributed by atoms with Gasteiger partial charge in [0.05, 0.1) is 6.61 Å². The zero-order valence-corrected chi connectivity index (χ0v) is 13.0. The molecule has 2 N–H and O–H groups in total. The summed E-state index contributed by atoms with van der Waals surface area (Å²) in [5.74, 6) is 2.89. The van der Waals surface area contributed by atoms with E-state index in [4.69, 9.17) is 10.5 Å². The molecule has 2 aliphatic rings. The monoisotopic (exact) mass is 288 g/mol. The van der Waals surface area contributed by atoms with Crippen LogP contribution >= 0.6 is 0 Å². The predicted octanol–water partition coefficient (Wildman–Crippen LogP) is 3.55. The molecule has 3 heteroatoms. The van der Waals surface area contributed by atoms with E-state index in [9.17, 15) is 0 Å². The molecule has 21 heavy (non-hydrogen) atoms. The van der Waals surface area contributed by atoms with Crippen molar-refractivity contribution in [2.24, 2.45) is 11.8 Å². The number of likely N-dealkylation sites (tertiary alicyclic amines) is 1. The number of fused-ring (bicyclic) bond motifs is 1. The van der Waals surface area contributed by atoms with E-state index in [1.54, 1.807) is 0 Å². The molecule has 0 bridgehead atoms. The summed E-state index contributed by atoms with van der Waals surface area (Å²) in [6.45, 7) is 4.57. The molecule has 3 rings (SSSR count). The van der Waals surface area contributed by atoms with Gasteiger partial charge in [-0.1, -0.05) is 25.3 Å². The molecule has 1 aromatic rings. The Morgan fingerprint density at radius 1 is 1.14 bits per heavy atom. The molecule has 1 heterocycles. The molecule has 3 nitrogen and oxygen atoms in total. The highest BCUT2D eigenvalue weighted by Gasteiger charge is 2.30. The van der Waals surface area contributed by atoms with Crippen LogP contribution < -0.4 is 10.5 Å². The van der Waals surface area contributed by atoms with Crippen LogP contribution in [0.15, 0.2) is 24.3 Å². The van der Waals surface area contributed by atoms with Crippen molar-refractivity contribution >= 4 is 5.69 Å². The third-order valence-corrected chi connectivity index (χ3v) is 5.12. The van der Waals surface area contributed by atoms with Gasteiger partial charge in [-0.3, -0.25) is 0 Å². The average molecular weight is 288 g/mol. The molecule has 0 amide bonds. The molecule has 1 aliphatic carbocycles. The Kier molecular flexibility index (Phi) is 5.02. The number of rotatable bonds is 5. The fraction of sp³-hybridized carbons (Fsp3) is 0.667. The van der Waals surface area contributed by atoms with Gasteiger partial charge in [0.25, 0.3) is 0 Å². The summed E-state index contributed by atoms with van der Waals surface area (Å²) in [4.78, 5) is 2.65. The lowest BCUT2D eigenvalue weighted by molar-refractivity contribution is 0.0830. The first kappa shape index (κ1) is 14.7. The molecular formula is C18H28N2O. The van der Waals surface area contributed by atoms with E-state index >= 15 is 0 Å². The van der Waals surface area contributed by atoms with Crippen molar-refractivity contribution in [3.05, 3.63) is 24.3 Å². The predicted molar refractivity (Wildman–Crippen MR) is 87.5 cm³/mol. The van der Waals surface area contributed by atoms with Crippen LogP contribution in [0.2, 0.25) is 0 Å². The Labute approximate surface area is 128 Å². The number of nitrogens with two attached hydrogens (primary N) is 1. The van der Waals surface area contributed by atoms with Crippen molar-refractivity contribution in [3.63, 3.8) is 0 Å². The molecule has 0 aromatic heterocycles. The molecule has 1 aliphatic heterocycles. The Hall–Kier alpha value is -1.22. The maximum Gasteiger partial charge on any atom is 0.121 e. The van der Waals surface area contributed by atoms with Crippen LogP contribution in [0.5, 0.6) is 5.75 Å². The Bertz CT molecular complexity index is 449. The number of hydrogen-bond acceptors (Lipinski definition) is 3. The molecule has 116 valence electrons. The van der Waals surface area contributed by atoms with Crippen LogP contribution in [-0.2, 0) is 0 Å². The summed E-state index contributed by atoms with van der Waals surface area (Å²) in [7, 11) is 0. The number of anilines is 1. The fourth-order valence-electron chi connectivity index (χ4n) is 3.96. The summed E-state index contributed by atoms with van der Waals surface area (Å²) in [5.41, 5.74) is 6.52. The minimum absolute atomic E-state index is 0.770. The third kappa shape index (κ3) is 4.13. The van der Waals surface area contributed by atoms with E-state index in [0.29, 0.717) is 0 Å². The third-order valence-electron chi connectivity index (χ3n) is 5.12. The normalized spacial score (nSPS) is 26.3. The molecule has 1 saturated heterocycles. The highest BCUT2D eigenvalue weighted by molar-refractivity contribution is 5.43. The van der Waals surface area contributed by atoms with E-state index in [-0.39, 0.29) is 0 Å². The average Bonchev–Trinajstić information content (AvgIpc) is 2.51. The van der Waals surface area contributed by atoms with Crippen LogP contribution in [0, 0.1) is 11.8 Å². The Morgan fingerprint density at radius 2 is 2.00 bits per heavy atom. The maximum absolute atomic E-state index is 5.78. The SMILES string of the molecule is Nc1cccc(OCCCN2CCC3CCCCC3C2)c1. The molecular weight excluding hydrogens is 260 g/mol. The van der Waals surface area contributed by atoms with Gasteiger partial charge in [0.1, 0.15) is 5.75 Å². The quantitative estimate of drug-likeness (QED) is 0.665.